The minimum Gasteiger partial charge on any atom is -0.347 e. The Morgan fingerprint density at radius 2 is 1.94 bits per heavy atom. The van der Waals surface area contributed by atoms with Crippen LogP contribution in [0, 0.1) is 0 Å². The summed E-state index contributed by atoms with van der Waals surface area (Å²) in [6.07, 6.45) is 3.93. The second-order valence-electron chi connectivity index (χ2n) is 8.61. The average molecular weight is 471 g/mol. The van der Waals surface area contributed by atoms with E-state index in [4.69, 9.17) is 16.6 Å². The van der Waals surface area contributed by atoms with Gasteiger partial charge >= 0.3 is 6.03 Å². The van der Waals surface area contributed by atoms with Gasteiger partial charge in [0.25, 0.3) is 0 Å². The molecule has 2 aliphatic rings. The highest BCUT2D eigenvalue weighted by Gasteiger charge is 2.34. The van der Waals surface area contributed by atoms with Crippen molar-refractivity contribution < 1.29 is 14.4 Å². The normalized spacial score (nSPS) is 21.1. The van der Waals surface area contributed by atoms with Crippen LogP contribution in [0.25, 0.3) is 11.1 Å². The molecule has 0 radical (unpaired) electrons. The molecule has 0 saturated carbocycles. The quantitative estimate of drug-likeness (QED) is 0.711. The number of nitrogens with zero attached hydrogens (tertiary/aromatic N) is 4. The summed E-state index contributed by atoms with van der Waals surface area (Å²) < 4.78 is 0. The van der Waals surface area contributed by atoms with Crippen LogP contribution in [0.3, 0.4) is 0 Å². The van der Waals surface area contributed by atoms with Crippen molar-refractivity contribution in [1.29, 1.82) is 0 Å². The Balaban J connectivity index is 1.61. The average Bonchev–Trinajstić information content (AvgIpc) is 2.98. The molecule has 4 rings (SSSR count). The maximum Gasteiger partial charge on any atom is 0.322 e. The maximum atomic E-state index is 13.2. The van der Waals surface area contributed by atoms with E-state index in [1.165, 1.54) is 0 Å². The first kappa shape index (κ1) is 23.0. The number of likely N-dealkylation sites (tertiary alicyclic amines) is 1. The second kappa shape index (κ2) is 9.74. The summed E-state index contributed by atoms with van der Waals surface area (Å²) in [7, 11) is 3.78. The Labute approximate surface area is 197 Å². The van der Waals surface area contributed by atoms with Gasteiger partial charge in [0, 0.05) is 56.3 Å². The number of urea groups is 1. The molecule has 0 spiro atoms. The van der Waals surface area contributed by atoms with Crippen LogP contribution < -0.4 is 15.5 Å². The highest BCUT2D eigenvalue weighted by Crippen LogP contribution is 2.34. The lowest BCUT2D eigenvalue weighted by Crippen LogP contribution is -2.51. The third-order valence-electron chi connectivity index (χ3n) is 6.00. The molecule has 9 nitrogen and oxygen atoms in total. The molecule has 2 unspecified atom stereocenters. The van der Waals surface area contributed by atoms with Gasteiger partial charge in [0.15, 0.2) is 0 Å². The molecular formula is C23H27ClN6O3. The molecule has 2 aliphatic heterocycles. The summed E-state index contributed by atoms with van der Waals surface area (Å²) in [6.45, 7) is 1.09. The van der Waals surface area contributed by atoms with E-state index in [9.17, 15) is 14.4 Å². The molecule has 2 N–H and O–H groups in total. The summed E-state index contributed by atoms with van der Waals surface area (Å²) in [5.74, 6) is 0.0757. The Kier molecular flexibility index (Phi) is 6.78. The number of hydrogen-bond acceptors (Lipinski definition) is 6. The van der Waals surface area contributed by atoms with Gasteiger partial charge in [-0.05, 0) is 37.0 Å². The minimum atomic E-state index is -0.714. The number of imide groups is 1. The third-order valence-corrected chi connectivity index (χ3v) is 6.25. The van der Waals surface area contributed by atoms with Gasteiger partial charge in [0.1, 0.15) is 6.04 Å². The van der Waals surface area contributed by atoms with Crippen molar-refractivity contribution in [3.63, 3.8) is 0 Å². The molecule has 2 aromatic rings. The van der Waals surface area contributed by atoms with Crippen LogP contribution >= 0.6 is 11.6 Å². The van der Waals surface area contributed by atoms with E-state index in [2.05, 4.69) is 15.6 Å². The molecule has 3 heterocycles. The van der Waals surface area contributed by atoms with Gasteiger partial charge < -0.3 is 15.1 Å². The zero-order valence-electron chi connectivity index (χ0n) is 18.7. The number of benzene rings is 1. The molecule has 1 aromatic carbocycles. The van der Waals surface area contributed by atoms with Crippen molar-refractivity contribution in [2.45, 2.75) is 37.6 Å². The second-order valence-corrected chi connectivity index (χ2v) is 9.04. The van der Waals surface area contributed by atoms with E-state index in [1.54, 1.807) is 4.90 Å². The Morgan fingerprint density at radius 3 is 2.67 bits per heavy atom. The number of carbonyl (C=O) groups excluding carboxylic acids is 3. The highest BCUT2D eigenvalue weighted by atomic mass is 35.5. The number of amides is 4. The van der Waals surface area contributed by atoms with Gasteiger partial charge in [0.05, 0.1) is 5.69 Å². The standard InChI is InChI=1S/C23H27ClN6O3/c1-29(2)22-25-12-17(14-5-7-16(24)8-6-14)20(28-22)15-4-3-11-30(13-15)21(32)18-9-10-19(31)27-23(33)26-18/h5-8,12,15,18H,3-4,9-11,13H2,1-2H3,(H2,26,27,31,33). The number of aromatic nitrogens is 2. The van der Waals surface area contributed by atoms with Gasteiger partial charge in [-0.2, -0.15) is 0 Å². The predicted octanol–water partition coefficient (Wildman–Crippen LogP) is 2.56. The molecule has 2 fully saturated rings. The van der Waals surface area contributed by atoms with E-state index in [1.807, 2.05) is 49.5 Å². The summed E-state index contributed by atoms with van der Waals surface area (Å²) in [5.41, 5.74) is 2.76. The van der Waals surface area contributed by atoms with Crippen LogP contribution in [0.5, 0.6) is 0 Å². The minimum absolute atomic E-state index is 0.0105. The van der Waals surface area contributed by atoms with Crippen molar-refractivity contribution in [2.75, 3.05) is 32.1 Å². The fourth-order valence-corrected chi connectivity index (χ4v) is 4.43. The monoisotopic (exact) mass is 470 g/mol. The smallest absolute Gasteiger partial charge is 0.322 e. The zero-order chi connectivity index (χ0) is 23.5. The van der Waals surface area contributed by atoms with Crippen LogP contribution in [0.1, 0.15) is 37.3 Å². The molecule has 0 bridgehead atoms. The summed E-state index contributed by atoms with van der Waals surface area (Å²) in [5, 5.41) is 5.49. The lowest BCUT2D eigenvalue weighted by Gasteiger charge is -2.35. The van der Waals surface area contributed by atoms with Crippen LogP contribution in [0.15, 0.2) is 30.5 Å². The third kappa shape index (κ3) is 5.24. The molecule has 2 atom stereocenters. The first-order valence-corrected chi connectivity index (χ1v) is 11.4. The number of rotatable bonds is 4. The van der Waals surface area contributed by atoms with Crippen LogP contribution in [-0.2, 0) is 9.59 Å². The molecule has 4 amide bonds. The Morgan fingerprint density at radius 1 is 1.18 bits per heavy atom. The number of carbonyl (C=O) groups is 3. The predicted molar refractivity (Wildman–Crippen MR) is 125 cm³/mol. The van der Waals surface area contributed by atoms with E-state index in [0.717, 1.165) is 29.7 Å². The fourth-order valence-electron chi connectivity index (χ4n) is 4.30. The fraction of sp³-hybridized carbons (Fsp3) is 0.435. The summed E-state index contributed by atoms with van der Waals surface area (Å²) in [4.78, 5) is 49.7. The van der Waals surface area contributed by atoms with Gasteiger partial charge in [-0.25, -0.2) is 14.8 Å². The van der Waals surface area contributed by atoms with Crippen molar-refractivity contribution in [1.82, 2.24) is 25.5 Å². The van der Waals surface area contributed by atoms with Crippen LogP contribution in [0.4, 0.5) is 10.7 Å². The SMILES string of the molecule is CN(C)c1ncc(-c2ccc(Cl)cc2)c(C2CCCN(C(=O)C3CCC(=O)NC(=O)N3)C2)n1. The topological polar surface area (TPSA) is 108 Å². The number of anilines is 1. The number of hydrogen-bond donors (Lipinski definition) is 2. The van der Waals surface area contributed by atoms with Crippen molar-refractivity contribution in [2.24, 2.45) is 0 Å². The molecule has 1 aromatic heterocycles. The van der Waals surface area contributed by atoms with Gasteiger partial charge in [-0.15, -0.1) is 0 Å². The molecule has 2 saturated heterocycles. The largest absolute Gasteiger partial charge is 0.347 e. The number of halogens is 1. The molecule has 10 heteroatoms. The van der Waals surface area contributed by atoms with E-state index < -0.39 is 12.1 Å². The van der Waals surface area contributed by atoms with Gasteiger partial charge in [-0.1, -0.05) is 23.7 Å². The first-order chi connectivity index (χ1) is 15.8. The van der Waals surface area contributed by atoms with Gasteiger partial charge in [0.2, 0.25) is 17.8 Å². The van der Waals surface area contributed by atoms with E-state index in [-0.39, 0.29) is 30.6 Å². The lowest BCUT2D eigenvalue weighted by atomic mass is 9.89. The number of piperidine rings is 1. The highest BCUT2D eigenvalue weighted by molar-refractivity contribution is 6.30. The Hall–Kier alpha value is -3.20. The van der Waals surface area contributed by atoms with Gasteiger partial charge in [-0.3, -0.25) is 14.9 Å². The van der Waals surface area contributed by atoms with Crippen molar-refractivity contribution in [3.05, 3.63) is 41.2 Å². The molecule has 33 heavy (non-hydrogen) atoms. The molecule has 174 valence electrons. The van der Waals surface area contributed by atoms with Crippen molar-refractivity contribution in [3.8, 4) is 11.1 Å². The van der Waals surface area contributed by atoms with Crippen molar-refractivity contribution >= 4 is 35.4 Å². The number of nitrogens with one attached hydrogen (secondary N) is 2. The van der Waals surface area contributed by atoms with E-state index in [0.29, 0.717) is 24.1 Å². The summed E-state index contributed by atoms with van der Waals surface area (Å²) >= 11 is 6.08. The Bertz CT molecular complexity index is 1060. The van der Waals surface area contributed by atoms with Crippen LogP contribution in [-0.4, -0.2) is 65.9 Å². The maximum absolute atomic E-state index is 13.2. The lowest BCUT2D eigenvalue weighted by molar-refractivity contribution is -0.134. The molecule has 0 aliphatic carbocycles. The zero-order valence-corrected chi connectivity index (χ0v) is 19.4. The molecular weight excluding hydrogens is 444 g/mol. The van der Waals surface area contributed by atoms with Crippen LogP contribution in [0.2, 0.25) is 5.02 Å². The van der Waals surface area contributed by atoms with E-state index >= 15 is 0 Å². The summed E-state index contributed by atoms with van der Waals surface area (Å²) in [6, 6.07) is 6.21. The first-order valence-electron chi connectivity index (χ1n) is 11.0.